The molecule has 0 bridgehead atoms. The molecule has 1 heterocycles. The van der Waals surface area contributed by atoms with Crippen LogP contribution in [-0.2, 0) is 4.79 Å². The van der Waals surface area contributed by atoms with Crippen LogP contribution in [-0.4, -0.2) is 33.3 Å². The SMILES string of the molecule is CSc1cc(NC(CC(=O)O)C2CC2)ncn1. The van der Waals surface area contributed by atoms with Gasteiger partial charge in [0.2, 0.25) is 0 Å². The highest BCUT2D eigenvalue weighted by Crippen LogP contribution is 2.35. The van der Waals surface area contributed by atoms with Crippen LogP contribution in [0.5, 0.6) is 0 Å². The van der Waals surface area contributed by atoms with E-state index >= 15 is 0 Å². The van der Waals surface area contributed by atoms with Gasteiger partial charge in [0.15, 0.2) is 0 Å². The number of hydrogen-bond acceptors (Lipinski definition) is 5. The molecule has 0 aromatic carbocycles. The molecule has 1 aromatic heterocycles. The molecule has 1 unspecified atom stereocenters. The van der Waals surface area contributed by atoms with Gasteiger partial charge in [-0.3, -0.25) is 4.79 Å². The third kappa shape index (κ3) is 3.59. The number of carboxylic acid groups (broad SMARTS) is 1. The van der Waals surface area contributed by atoms with Crippen molar-refractivity contribution in [2.45, 2.75) is 30.3 Å². The summed E-state index contributed by atoms with van der Waals surface area (Å²) in [6, 6.07) is 1.83. The molecule has 1 atom stereocenters. The molecule has 1 saturated carbocycles. The standard InChI is InChI=1S/C11H15N3O2S/c1-17-10-5-9(12-6-13-10)14-8(4-11(15)16)7-2-3-7/h5-8H,2-4H2,1H3,(H,15,16)(H,12,13,14). The molecule has 2 N–H and O–H groups in total. The van der Waals surface area contributed by atoms with Crippen LogP contribution in [0.4, 0.5) is 5.82 Å². The van der Waals surface area contributed by atoms with Gasteiger partial charge in [0, 0.05) is 12.1 Å². The number of carboxylic acids is 1. The highest BCUT2D eigenvalue weighted by molar-refractivity contribution is 7.98. The maximum atomic E-state index is 10.8. The van der Waals surface area contributed by atoms with Gasteiger partial charge >= 0.3 is 5.97 Å². The topological polar surface area (TPSA) is 75.1 Å². The summed E-state index contributed by atoms with van der Waals surface area (Å²) in [7, 11) is 0. The average molecular weight is 253 g/mol. The molecule has 6 heteroatoms. The second kappa shape index (κ2) is 5.35. The Kier molecular flexibility index (Phi) is 3.83. The van der Waals surface area contributed by atoms with E-state index in [4.69, 9.17) is 5.11 Å². The van der Waals surface area contributed by atoms with Crippen LogP contribution in [0.2, 0.25) is 0 Å². The monoisotopic (exact) mass is 253 g/mol. The lowest BCUT2D eigenvalue weighted by Gasteiger charge is -2.16. The van der Waals surface area contributed by atoms with E-state index < -0.39 is 5.97 Å². The Morgan fingerprint density at radius 2 is 2.41 bits per heavy atom. The van der Waals surface area contributed by atoms with E-state index in [0.717, 1.165) is 17.9 Å². The molecule has 0 spiro atoms. The highest BCUT2D eigenvalue weighted by atomic mass is 32.2. The number of thioether (sulfide) groups is 1. The molecule has 2 rings (SSSR count). The Balaban J connectivity index is 2.03. The third-order valence-electron chi connectivity index (χ3n) is 2.77. The van der Waals surface area contributed by atoms with Crippen LogP contribution in [0.15, 0.2) is 17.4 Å². The van der Waals surface area contributed by atoms with Crippen molar-refractivity contribution >= 4 is 23.5 Å². The minimum absolute atomic E-state index is 0.0166. The second-order valence-electron chi connectivity index (χ2n) is 4.13. The Labute approximate surface area is 104 Å². The second-order valence-corrected chi connectivity index (χ2v) is 4.96. The van der Waals surface area contributed by atoms with E-state index in [1.807, 2.05) is 12.3 Å². The molecular formula is C11H15N3O2S. The minimum atomic E-state index is -0.770. The predicted molar refractivity (Wildman–Crippen MR) is 66.2 cm³/mol. The van der Waals surface area contributed by atoms with Crippen LogP contribution < -0.4 is 5.32 Å². The van der Waals surface area contributed by atoms with Gasteiger partial charge in [-0.05, 0) is 25.0 Å². The number of rotatable bonds is 6. The van der Waals surface area contributed by atoms with Crippen molar-refractivity contribution in [3.8, 4) is 0 Å². The smallest absolute Gasteiger partial charge is 0.305 e. The summed E-state index contributed by atoms with van der Waals surface area (Å²) >= 11 is 1.54. The molecule has 0 aliphatic heterocycles. The molecule has 17 heavy (non-hydrogen) atoms. The molecule has 92 valence electrons. The number of hydrogen-bond donors (Lipinski definition) is 2. The Morgan fingerprint density at radius 1 is 1.65 bits per heavy atom. The molecule has 5 nitrogen and oxygen atoms in total. The van der Waals surface area contributed by atoms with Crippen molar-refractivity contribution in [1.82, 2.24) is 9.97 Å². The fraction of sp³-hybridized carbons (Fsp3) is 0.545. The Bertz CT molecular complexity index is 409. The van der Waals surface area contributed by atoms with Crippen LogP contribution in [0.1, 0.15) is 19.3 Å². The van der Waals surface area contributed by atoms with E-state index in [1.54, 1.807) is 11.8 Å². The molecule has 0 amide bonds. The van der Waals surface area contributed by atoms with Gasteiger partial charge in [-0.2, -0.15) is 0 Å². The van der Waals surface area contributed by atoms with E-state index in [1.165, 1.54) is 6.33 Å². The lowest BCUT2D eigenvalue weighted by atomic mass is 10.1. The van der Waals surface area contributed by atoms with Crippen molar-refractivity contribution in [1.29, 1.82) is 0 Å². The number of aliphatic carboxylic acids is 1. The van der Waals surface area contributed by atoms with Gasteiger partial charge in [-0.15, -0.1) is 11.8 Å². The summed E-state index contributed by atoms with van der Waals surface area (Å²) in [6.45, 7) is 0. The van der Waals surface area contributed by atoms with Gasteiger partial charge in [-0.25, -0.2) is 9.97 Å². The summed E-state index contributed by atoms with van der Waals surface area (Å²) in [5, 5.41) is 12.9. The van der Waals surface area contributed by atoms with Crippen molar-refractivity contribution in [3.63, 3.8) is 0 Å². The average Bonchev–Trinajstić information content (AvgIpc) is 3.12. The summed E-state index contributed by atoms with van der Waals surface area (Å²) in [5.74, 6) is 0.412. The minimum Gasteiger partial charge on any atom is -0.481 e. The van der Waals surface area contributed by atoms with E-state index in [-0.39, 0.29) is 12.5 Å². The molecule has 1 aliphatic carbocycles. The van der Waals surface area contributed by atoms with Crippen LogP contribution >= 0.6 is 11.8 Å². The van der Waals surface area contributed by atoms with Gasteiger partial charge in [0.1, 0.15) is 17.2 Å². The number of anilines is 1. The fourth-order valence-electron chi connectivity index (χ4n) is 1.74. The molecule has 0 saturated heterocycles. The molecular weight excluding hydrogens is 238 g/mol. The summed E-state index contributed by atoms with van der Waals surface area (Å²) in [5.41, 5.74) is 0. The van der Waals surface area contributed by atoms with E-state index in [2.05, 4.69) is 15.3 Å². The summed E-state index contributed by atoms with van der Waals surface area (Å²) < 4.78 is 0. The lowest BCUT2D eigenvalue weighted by molar-refractivity contribution is -0.137. The zero-order chi connectivity index (χ0) is 12.3. The maximum Gasteiger partial charge on any atom is 0.305 e. The predicted octanol–water partition coefficient (Wildman–Crippen LogP) is 1.86. The number of aromatic nitrogens is 2. The van der Waals surface area contributed by atoms with Crippen LogP contribution in [0.3, 0.4) is 0 Å². The molecule has 1 aromatic rings. The fourth-order valence-corrected chi connectivity index (χ4v) is 2.12. The molecule has 0 radical (unpaired) electrons. The highest BCUT2D eigenvalue weighted by Gasteiger charge is 2.32. The molecule has 1 fully saturated rings. The largest absolute Gasteiger partial charge is 0.481 e. The lowest BCUT2D eigenvalue weighted by Crippen LogP contribution is -2.25. The normalized spacial score (nSPS) is 16.5. The van der Waals surface area contributed by atoms with Gasteiger partial charge in [0.05, 0.1) is 6.42 Å². The Morgan fingerprint density at radius 3 is 3.00 bits per heavy atom. The number of carbonyl (C=O) groups is 1. The van der Waals surface area contributed by atoms with E-state index in [9.17, 15) is 4.79 Å². The van der Waals surface area contributed by atoms with Crippen LogP contribution in [0, 0.1) is 5.92 Å². The third-order valence-corrected chi connectivity index (χ3v) is 3.41. The quantitative estimate of drug-likeness (QED) is 0.595. The van der Waals surface area contributed by atoms with Gasteiger partial charge in [0.25, 0.3) is 0 Å². The van der Waals surface area contributed by atoms with E-state index in [0.29, 0.717) is 11.7 Å². The van der Waals surface area contributed by atoms with Crippen molar-refractivity contribution in [3.05, 3.63) is 12.4 Å². The zero-order valence-electron chi connectivity index (χ0n) is 9.59. The van der Waals surface area contributed by atoms with Crippen LogP contribution in [0.25, 0.3) is 0 Å². The maximum absolute atomic E-state index is 10.8. The molecule has 1 aliphatic rings. The first-order valence-corrected chi connectivity index (χ1v) is 6.76. The van der Waals surface area contributed by atoms with Gasteiger partial charge < -0.3 is 10.4 Å². The van der Waals surface area contributed by atoms with Crippen molar-refractivity contribution in [2.24, 2.45) is 5.92 Å². The number of nitrogens with zero attached hydrogens (tertiary/aromatic N) is 2. The van der Waals surface area contributed by atoms with Crippen molar-refractivity contribution in [2.75, 3.05) is 11.6 Å². The summed E-state index contributed by atoms with van der Waals surface area (Å²) in [6.07, 6.45) is 5.79. The summed E-state index contributed by atoms with van der Waals surface area (Å²) in [4.78, 5) is 19.0. The van der Waals surface area contributed by atoms with Gasteiger partial charge in [-0.1, -0.05) is 0 Å². The van der Waals surface area contributed by atoms with Crippen molar-refractivity contribution < 1.29 is 9.90 Å². The zero-order valence-corrected chi connectivity index (χ0v) is 10.4. The first-order valence-electron chi connectivity index (χ1n) is 5.53. The first-order chi connectivity index (χ1) is 8.19. The Hall–Kier alpha value is -1.30. The number of nitrogens with one attached hydrogen (secondary N) is 1. The first kappa shape index (κ1) is 12.2.